The number of hydrogen-bond donors (Lipinski definition) is 1. The molecule has 19 heavy (non-hydrogen) atoms. The maximum absolute atomic E-state index is 12.0. The Morgan fingerprint density at radius 1 is 1.32 bits per heavy atom. The van der Waals surface area contributed by atoms with Gasteiger partial charge in [0.25, 0.3) is 0 Å². The van der Waals surface area contributed by atoms with Gasteiger partial charge in [0.05, 0.1) is 11.7 Å². The van der Waals surface area contributed by atoms with Gasteiger partial charge in [0.2, 0.25) is 0 Å². The zero-order valence-electron chi connectivity index (χ0n) is 9.65. The average molecular weight is 287 g/mol. The van der Waals surface area contributed by atoms with Crippen LogP contribution in [0.2, 0.25) is 0 Å². The van der Waals surface area contributed by atoms with E-state index in [1.807, 2.05) is 0 Å². The van der Waals surface area contributed by atoms with E-state index in [0.717, 1.165) is 11.3 Å². The SMILES string of the molecule is NC(Cc1ccc(OC(F)(F)F)cc1)c1cs[c]n1. The maximum atomic E-state index is 12.0. The highest BCUT2D eigenvalue weighted by atomic mass is 32.1. The molecule has 2 N–H and O–H groups in total. The summed E-state index contributed by atoms with van der Waals surface area (Å²) in [4.78, 5) is 3.97. The van der Waals surface area contributed by atoms with Gasteiger partial charge in [-0.25, -0.2) is 4.98 Å². The van der Waals surface area contributed by atoms with E-state index in [4.69, 9.17) is 5.73 Å². The fourth-order valence-electron chi connectivity index (χ4n) is 1.55. The molecule has 7 heteroatoms. The number of alkyl halides is 3. The van der Waals surface area contributed by atoms with Crippen LogP contribution in [0.3, 0.4) is 0 Å². The molecular formula is C12H10F3N2OS. The highest BCUT2D eigenvalue weighted by Crippen LogP contribution is 2.24. The van der Waals surface area contributed by atoms with E-state index >= 15 is 0 Å². The van der Waals surface area contributed by atoms with Crippen molar-refractivity contribution in [2.75, 3.05) is 0 Å². The van der Waals surface area contributed by atoms with Gasteiger partial charge in [-0.05, 0) is 24.1 Å². The quantitative estimate of drug-likeness (QED) is 0.940. The Labute approximate surface area is 111 Å². The van der Waals surface area contributed by atoms with E-state index in [1.54, 1.807) is 17.5 Å². The van der Waals surface area contributed by atoms with Gasteiger partial charge in [-0.15, -0.1) is 24.5 Å². The minimum Gasteiger partial charge on any atom is -0.406 e. The highest BCUT2D eigenvalue weighted by molar-refractivity contribution is 7.07. The van der Waals surface area contributed by atoms with Crippen LogP contribution in [-0.2, 0) is 6.42 Å². The van der Waals surface area contributed by atoms with Gasteiger partial charge in [-0.2, -0.15) is 0 Å². The number of rotatable bonds is 4. The standard InChI is InChI=1S/C12H10F3N2OS/c13-12(14,15)18-9-3-1-8(2-4-9)5-10(16)11-6-19-7-17-11/h1-4,6,10H,5,16H2. The molecule has 0 aliphatic carbocycles. The van der Waals surface area contributed by atoms with Gasteiger partial charge < -0.3 is 10.5 Å². The van der Waals surface area contributed by atoms with E-state index in [0.29, 0.717) is 6.42 Å². The third-order valence-corrected chi connectivity index (χ3v) is 2.96. The van der Waals surface area contributed by atoms with Gasteiger partial charge >= 0.3 is 6.36 Å². The first kappa shape index (κ1) is 13.8. The van der Waals surface area contributed by atoms with Crippen LogP contribution in [0.25, 0.3) is 0 Å². The fraction of sp³-hybridized carbons (Fsp3) is 0.250. The van der Waals surface area contributed by atoms with Gasteiger partial charge in [-0.1, -0.05) is 12.1 Å². The second kappa shape index (κ2) is 5.58. The number of nitrogens with two attached hydrogens (primary N) is 1. The molecule has 0 bridgehead atoms. The monoisotopic (exact) mass is 287 g/mol. The highest BCUT2D eigenvalue weighted by Gasteiger charge is 2.30. The van der Waals surface area contributed by atoms with Crippen molar-refractivity contribution in [1.29, 1.82) is 0 Å². The number of nitrogens with zero attached hydrogens (tertiary/aromatic N) is 1. The number of aromatic nitrogens is 1. The lowest BCUT2D eigenvalue weighted by molar-refractivity contribution is -0.274. The molecular weight excluding hydrogens is 277 g/mol. The van der Waals surface area contributed by atoms with Crippen LogP contribution in [-0.4, -0.2) is 11.3 Å². The lowest BCUT2D eigenvalue weighted by Gasteiger charge is -2.11. The summed E-state index contributed by atoms with van der Waals surface area (Å²) < 4.78 is 39.7. The Bertz CT molecular complexity index is 511. The third-order valence-electron chi connectivity index (χ3n) is 2.40. The summed E-state index contributed by atoms with van der Waals surface area (Å²) in [6.45, 7) is 0. The van der Waals surface area contributed by atoms with E-state index in [-0.39, 0.29) is 11.8 Å². The zero-order chi connectivity index (χ0) is 13.9. The molecule has 0 fully saturated rings. The number of benzene rings is 1. The van der Waals surface area contributed by atoms with Crippen LogP contribution < -0.4 is 10.5 Å². The summed E-state index contributed by atoms with van der Waals surface area (Å²) >= 11 is 1.33. The van der Waals surface area contributed by atoms with Gasteiger partial charge in [-0.3, -0.25) is 0 Å². The molecule has 0 aliphatic rings. The van der Waals surface area contributed by atoms with E-state index < -0.39 is 6.36 Å². The summed E-state index contributed by atoms with van der Waals surface area (Å²) in [5.41, 5.74) is 10.2. The first-order chi connectivity index (χ1) is 8.94. The Morgan fingerprint density at radius 3 is 2.53 bits per heavy atom. The molecule has 3 nitrogen and oxygen atoms in total. The van der Waals surface area contributed by atoms with Crippen molar-refractivity contribution in [1.82, 2.24) is 4.98 Å². The topological polar surface area (TPSA) is 48.1 Å². The first-order valence-electron chi connectivity index (χ1n) is 5.36. The zero-order valence-corrected chi connectivity index (χ0v) is 10.5. The Morgan fingerprint density at radius 2 is 2.00 bits per heavy atom. The summed E-state index contributed by atoms with van der Waals surface area (Å²) in [6, 6.07) is 5.34. The van der Waals surface area contributed by atoms with Gasteiger partial charge in [0.15, 0.2) is 5.51 Å². The molecule has 101 valence electrons. The van der Waals surface area contributed by atoms with Crippen molar-refractivity contribution in [3.05, 3.63) is 46.4 Å². The smallest absolute Gasteiger partial charge is 0.406 e. The lowest BCUT2D eigenvalue weighted by Crippen LogP contribution is -2.17. The summed E-state index contributed by atoms with van der Waals surface area (Å²) in [7, 11) is 0. The van der Waals surface area contributed by atoms with Gasteiger partial charge in [0.1, 0.15) is 5.75 Å². The average Bonchev–Trinajstić information content (AvgIpc) is 2.83. The van der Waals surface area contributed by atoms with Crippen molar-refractivity contribution in [2.24, 2.45) is 5.73 Å². The molecule has 0 aliphatic heterocycles. The lowest BCUT2D eigenvalue weighted by atomic mass is 10.0. The van der Waals surface area contributed by atoms with E-state index in [9.17, 15) is 13.2 Å². The largest absolute Gasteiger partial charge is 0.573 e. The molecule has 1 atom stereocenters. The van der Waals surface area contributed by atoms with Crippen LogP contribution in [0, 0.1) is 5.51 Å². The summed E-state index contributed by atoms with van der Waals surface area (Å²) in [5.74, 6) is -0.244. The minimum atomic E-state index is -4.67. The van der Waals surface area contributed by atoms with Crippen molar-refractivity contribution in [3.8, 4) is 5.75 Å². The van der Waals surface area contributed by atoms with Gasteiger partial charge in [0, 0.05) is 5.38 Å². The molecule has 2 aromatic rings. The molecule has 1 aromatic carbocycles. The third kappa shape index (κ3) is 4.22. The van der Waals surface area contributed by atoms with E-state index in [2.05, 4.69) is 15.2 Å². The van der Waals surface area contributed by atoms with Crippen molar-refractivity contribution >= 4 is 11.3 Å². The molecule has 0 amide bonds. The summed E-state index contributed by atoms with van der Waals surface area (Å²) in [6.07, 6.45) is -4.18. The molecule has 1 aromatic heterocycles. The number of halogens is 3. The number of ether oxygens (including phenoxy) is 1. The fourth-order valence-corrected chi connectivity index (χ4v) is 2.11. The second-order valence-electron chi connectivity index (χ2n) is 3.87. The Hall–Kier alpha value is -1.60. The second-order valence-corrected chi connectivity index (χ2v) is 4.52. The van der Waals surface area contributed by atoms with Crippen LogP contribution >= 0.6 is 11.3 Å². The molecule has 1 radical (unpaired) electrons. The van der Waals surface area contributed by atoms with Crippen molar-refractivity contribution in [2.45, 2.75) is 18.8 Å². The Kier molecular flexibility index (Phi) is 4.06. The predicted molar refractivity (Wildman–Crippen MR) is 64.7 cm³/mol. The maximum Gasteiger partial charge on any atom is 0.573 e. The van der Waals surface area contributed by atoms with Crippen LogP contribution in [0.15, 0.2) is 29.6 Å². The van der Waals surface area contributed by atoms with E-state index in [1.165, 1.54) is 23.5 Å². The van der Waals surface area contributed by atoms with Crippen molar-refractivity contribution < 1.29 is 17.9 Å². The summed E-state index contributed by atoms with van der Waals surface area (Å²) in [5, 5.41) is 1.80. The normalized spacial score (nSPS) is 13.3. The number of thiazole rings is 1. The van der Waals surface area contributed by atoms with Crippen LogP contribution in [0.5, 0.6) is 5.75 Å². The molecule has 1 unspecified atom stereocenters. The molecule has 2 rings (SSSR count). The van der Waals surface area contributed by atoms with Crippen LogP contribution in [0.4, 0.5) is 13.2 Å². The van der Waals surface area contributed by atoms with Crippen LogP contribution in [0.1, 0.15) is 17.3 Å². The molecule has 0 saturated carbocycles. The molecule has 0 spiro atoms. The number of hydrogen-bond acceptors (Lipinski definition) is 4. The molecule has 1 heterocycles. The minimum absolute atomic E-state index is 0.244. The molecule has 0 saturated heterocycles. The predicted octanol–water partition coefficient (Wildman–Crippen LogP) is 3.08. The van der Waals surface area contributed by atoms with Crippen molar-refractivity contribution in [3.63, 3.8) is 0 Å². The Balaban J connectivity index is 1.99. The first-order valence-corrected chi connectivity index (χ1v) is 6.24.